The smallest absolute Gasteiger partial charge is 0.330 e. The van der Waals surface area contributed by atoms with E-state index in [0.29, 0.717) is 33.6 Å². The monoisotopic (exact) mass is 440 g/mol. The maximum Gasteiger partial charge on any atom is 0.330 e. The topological polar surface area (TPSA) is 77.5 Å². The van der Waals surface area contributed by atoms with Gasteiger partial charge in [0.15, 0.2) is 0 Å². The van der Waals surface area contributed by atoms with Gasteiger partial charge < -0.3 is 14.8 Å². The predicted octanol–water partition coefficient (Wildman–Crippen LogP) is 5.00. The molecule has 1 aromatic heterocycles. The van der Waals surface area contributed by atoms with E-state index in [2.05, 4.69) is 10.3 Å². The number of rotatable bonds is 8. The lowest BCUT2D eigenvalue weighted by atomic mass is 10.2. The zero-order valence-corrected chi connectivity index (χ0v) is 17.9. The summed E-state index contributed by atoms with van der Waals surface area (Å²) in [5.41, 5.74) is 2.03. The van der Waals surface area contributed by atoms with Crippen molar-refractivity contribution in [1.29, 1.82) is 0 Å². The van der Waals surface area contributed by atoms with Crippen LogP contribution < -0.4 is 10.1 Å². The number of anilines is 1. The van der Waals surface area contributed by atoms with Crippen LogP contribution in [0.5, 0.6) is 5.75 Å². The highest BCUT2D eigenvalue weighted by atomic mass is 32.1. The highest BCUT2D eigenvalue weighted by Gasteiger charge is 2.16. The molecule has 2 aromatic carbocycles. The standard InChI is InChI=1S/C23H21FN2O4S/c1-3-29-21(27)13-6-16-4-9-18(10-5-16)26-23(28)22-15(2)25-20(31-22)14-30-19-11-7-17(24)8-12-19/h4-13H,3,14H2,1-2H3,(H,26,28)/b13-6+. The molecule has 0 unspecified atom stereocenters. The molecule has 1 N–H and O–H groups in total. The van der Waals surface area contributed by atoms with Crippen molar-refractivity contribution < 1.29 is 23.5 Å². The van der Waals surface area contributed by atoms with Crippen LogP contribution in [0.25, 0.3) is 6.08 Å². The third kappa shape index (κ3) is 6.48. The van der Waals surface area contributed by atoms with E-state index in [9.17, 15) is 14.0 Å². The normalized spacial score (nSPS) is 10.8. The molecule has 0 bridgehead atoms. The van der Waals surface area contributed by atoms with Crippen molar-refractivity contribution in [3.63, 3.8) is 0 Å². The molecule has 8 heteroatoms. The Morgan fingerprint density at radius 3 is 2.52 bits per heavy atom. The molecular weight excluding hydrogens is 419 g/mol. The fourth-order valence-corrected chi connectivity index (χ4v) is 3.49. The SMILES string of the molecule is CCOC(=O)/C=C/c1ccc(NC(=O)c2sc(COc3ccc(F)cc3)nc2C)cc1. The summed E-state index contributed by atoms with van der Waals surface area (Å²) in [4.78, 5) is 28.9. The average Bonchev–Trinajstić information content (AvgIpc) is 3.14. The van der Waals surface area contributed by atoms with Crippen molar-refractivity contribution in [2.24, 2.45) is 0 Å². The van der Waals surface area contributed by atoms with Gasteiger partial charge in [0.1, 0.15) is 28.1 Å². The van der Waals surface area contributed by atoms with Crippen molar-refractivity contribution in [2.75, 3.05) is 11.9 Å². The minimum absolute atomic E-state index is 0.186. The Balaban J connectivity index is 1.59. The van der Waals surface area contributed by atoms with Gasteiger partial charge in [0.25, 0.3) is 5.91 Å². The molecule has 0 aliphatic rings. The number of aromatic nitrogens is 1. The van der Waals surface area contributed by atoms with Crippen LogP contribution in [0, 0.1) is 12.7 Å². The van der Waals surface area contributed by atoms with Crippen molar-refractivity contribution in [2.45, 2.75) is 20.5 Å². The molecule has 0 radical (unpaired) electrons. The lowest BCUT2D eigenvalue weighted by Crippen LogP contribution is -2.11. The fourth-order valence-electron chi connectivity index (χ4n) is 2.62. The number of hydrogen-bond acceptors (Lipinski definition) is 6. The third-order valence-electron chi connectivity index (χ3n) is 4.09. The Bertz CT molecular complexity index is 1080. The summed E-state index contributed by atoms with van der Waals surface area (Å²) in [6.45, 7) is 4.02. The van der Waals surface area contributed by atoms with Gasteiger partial charge in [0.05, 0.1) is 12.3 Å². The number of benzene rings is 2. The largest absolute Gasteiger partial charge is 0.486 e. The van der Waals surface area contributed by atoms with Crippen molar-refractivity contribution in [1.82, 2.24) is 4.98 Å². The third-order valence-corrected chi connectivity index (χ3v) is 5.22. The van der Waals surface area contributed by atoms with E-state index in [1.165, 1.54) is 41.7 Å². The molecule has 0 saturated heterocycles. The first-order chi connectivity index (χ1) is 14.9. The molecule has 6 nitrogen and oxygen atoms in total. The molecule has 0 aliphatic carbocycles. The fraction of sp³-hybridized carbons (Fsp3) is 0.174. The van der Waals surface area contributed by atoms with E-state index >= 15 is 0 Å². The second kappa shape index (κ2) is 10.5. The number of carbonyl (C=O) groups is 2. The maximum atomic E-state index is 13.0. The molecule has 0 saturated carbocycles. The second-order valence-electron chi connectivity index (χ2n) is 6.43. The van der Waals surface area contributed by atoms with Gasteiger partial charge in [-0.25, -0.2) is 14.2 Å². The molecule has 31 heavy (non-hydrogen) atoms. The predicted molar refractivity (Wildman–Crippen MR) is 118 cm³/mol. The summed E-state index contributed by atoms with van der Waals surface area (Å²) in [6.07, 6.45) is 3.00. The number of ether oxygens (including phenoxy) is 2. The van der Waals surface area contributed by atoms with E-state index in [-0.39, 0.29) is 18.3 Å². The molecule has 0 spiro atoms. The molecule has 3 aromatic rings. The van der Waals surface area contributed by atoms with Crippen LogP contribution >= 0.6 is 11.3 Å². The average molecular weight is 440 g/mol. The highest BCUT2D eigenvalue weighted by molar-refractivity contribution is 7.13. The molecule has 3 rings (SSSR count). The molecule has 160 valence electrons. The van der Waals surface area contributed by atoms with Gasteiger partial charge in [-0.05, 0) is 61.9 Å². The first-order valence-corrected chi connectivity index (χ1v) is 10.4. The van der Waals surface area contributed by atoms with Crippen LogP contribution in [0.2, 0.25) is 0 Å². The van der Waals surface area contributed by atoms with Crippen LogP contribution in [0.3, 0.4) is 0 Å². The minimum atomic E-state index is -0.403. The summed E-state index contributed by atoms with van der Waals surface area (Å²) in [5, 5.41) is 3.48. The summed E-state index contributed by atoms with van der Waals surface area (Å²) >= 11 is 1.24. The van der Waals surface area contributed by atoms with Gasteiger partial charge in [0, 0.05) is 11.8 Å². The van der Waals surface area contributed by atoms with Gasteiger partial charge in [0.2, 0.25) is 0 Å². The van der Waals surface area contributed by atoms with Crippen LogP contribution in [0.1, 0.15) is 32.9 Å². The van der Waals surface area contributed by atoms with Gasteiger partial charge >= 0.3 is 5.97 Å². The van der Waals surface area contributed by atoms with Crippen molar-refractivity contribution in [3.05, 3.63) is 81.6 Å². The van der Waals surface area contributed by atoms with Gasteiger partial charge in [-0.2, -0.15) is 0 Å². The first kappa shape index (κ1) is 22.2. The molecule has 1 heterocycles. The minimum Gasteiger partial charge on any atom is -0.486 e. The Kier molecular flexibility index (Phi) is 7.50. The van der Waals surface area contributed by atoms with Crippen LogP contribution in [0.4, 0.5) is 10.1 Å². The van der Waals surface area contributed by atoms with Gasteiger partial charge in [-0.1, -0.05) is 12.1 Å². The van der Waals surface area contributed by atoms with Gasteiger partial charge in [-0.3, -0.25) is 4.79 Å². The number of nitrogens with zero attached hydrogens (tertiary/aromatic N) is 1. The van der Waals surface area contributed by atoms with E-state index in [0.717, 1.165) is 5.56 Å². The number of esters is 1. The Hall–Kier alpha value is -3.52. The zero-order chi connectivity index (χ0) is 22.2. The summed E-state index contributed by atoms with van der Waals surface area (Å²) < 4.78 is 23.4. The van der Waals surface area contributed by atoms with E-state index < -0.39 is 5.97 Å². The Morgan fingerprint density at radius 2 is 1.84 bits per heavy atom. The second-order valence-corrected chi connectivity index (χ2v) is 7.51. The van der Waals surface area contributed by atoms with Gasteiger partial charge in [-0.15, -0.1) is 11.3 Å². The lowest BCUT2D eigenvalue weighted by molar-refractivity contribution is -0.137. The van der Waals surface area contributed by atoms with E-state index in [4.69, 9.17) is 9.47 Å². The summed E-state index contributed by atoms with van der Waals surface area (Å²) in [7, 11) is 0. The molecule has 0 aliphatic heterocycles. The summed E-state index contributed by atoms with van der Waals surface area (Å²) in [5.74, 6) is -0.477. The van der Waals surface area contributed by atoms with Crippen LogP contribution in [-0.4, -0.2) is 23.5 Å². The number of halogens is 1. The number of hydrogen-bond donors (Lipinski definition) is 1. The molecule has 0 atom stereocenters. The zero-order valence-electron chi connectivity index (χ0n) is 17.1. The van der Waals surface area contributed by atoms with Crippen LogP contribution in [-0.2, 0) is 16.1 Å². The molecule has 0 fully saturated rings. The number of thiazole rings is 1. The van der Waals surface area contributed by atoms with Crippen molar-refractivity contribution >= 4 is 35.0 Å². The number of carbonyl (C=O) groups excluding carboxylic acids is 2. The lowest BCUT2D eigenvalue weighted by Gasteiger charge is -2.04. The Morgan fingerprint density at radius 1 is 1.13 bits per heavy atom. The Labute approximate surface area is 183 Å². The maximum absolute atomic E-state index is 13.0. The van der Waals surface area contributed by atoms with Crippen molar-refractivity contribution in [3.8, 4) is 5.75 Å². The molecular formula is C23H21FN2O4S. The number of nitrogens with one attached hydrogen (secondary N) is 1. The summed E-state index contributed by atoms with van der Waals surface area (Å²) in [6, 6.07) is 12.8. The number of amides is 1. The van der Waals surface area contributed by atoms with Crippen LogP contribution in [0.15, 0.2) is 54.6 Å². The number of aryl methyl sites for hydroxylation is 1. The molecule has 1 amide bonds. The first-order valence-electron chi connectivity index (χ1n) is 9.55. The van der Waals surface area contributed by atoms with E-state index in [1.807, 2.05) is 0 Å². The quantitative estimate of drug-likeness (QED) is 0.394. The highest BCUT2D eigenvalue weighted by Crippen LogP contribution is 2.22. The van der Waals surface area contributed by atoms with E-state index in [1.54, 1.807) is 44.2 Å².